The lowest BCUT2D eigenvalue weighted by Gasteiger charge is -2.14. The quantitative estimate of drug-likeness (QED) is 0.673. The Morgan fingerprint density at radius 2 is 2.00 bits per heavy atom. The second-order valence-electron chi connectivity index (χ2n) is 6.91. The van der Waals surface area contributed by atoms with Crippen LogP contribution in [0.4, 0.5) is 0 Å². The van der Waals surface area contributed by atoms with E-state index < -0.39 is 0 Å². The fourth-order valence-corrected chi connectivity index (χ4v) is 3.41. The Morgan fingerprint density at radius 3 is 2.63 bits per heavy atom. The van der Waals surface area contributed by atoms with Crippen LogP contribution in [0.2, 0.25) is 0 Å². The zero-order chi connectivity index (χ0) is 19.7. The summed E-state index contributed by atoms with van der Waals surface area (Å²) in [5, 5.41) is 7.27. The predicted molar refractivity (Wildman–Crippen MR) is 102 cm³/mol. The first kappa shape index (κ1) is 18.8. The Hall–Kier alpha value is -2.96. The van der Waals surface area contributed by atoms with Gasteiger partial charge in [0.05, 0.1) is 23.8 Å². The molecule has 0 spiro atoms. The van der Waals surface area contributed by atoms with Crippen LogP contribution < -0.4 is 5.32 Å². The summed E-state index contributed by atoms with van der Waals surface area (Å²) in [6.45, 7) is 9.30. The van der Waals surface area contributed by atoms with Crippen LogP contribution in [0.25, 0.3) is 11.1 Å². The Bertz CT molecular complexity index is 1020. The molecule has 1 amide bonds. The number of rotatable bonds is 6. The fraction of sp³-hybridized carbons (Fsp3) is 0.400. The van der Waals surface area contributed by atoms with Gasteiger partial charge in [0.15, 0.2) is 11.4 Å². The number of fused-ring (bicyclic) bond motifs is 1. The number of carbonyl (C=O) groups excluding carboxylic acids is 2. The maximum absolute atomic E-state index is 12.3. The third kappa shape index (κ3) is 3.77. The van der Waals surface area contributed by atoms with Crippen LogP contribution in [0, 0.1) is 20.8 Å². The maximum Gasteiger partial charge on any atom is 0.222 e. The molecular formula is C20H24N4O3. The molecule has 1 atom stereocenters. The van der Waals surface area contributed by atoms with Gasteiger partial charge in [0.2, 0.25) is 11.8 Å². The zero-order valence-corrected chi connectivity index (χ0v) is 16.3. The number of Topliss-reactive ketones (excluding diaryl/α,β-unsaturated/α-hetero) is 1. The van der Waals surface area contributed by atoms with E-state index in [4.69, 9.17) is 4.42 Å². The van der Waals surface area contributed by atoms with Crippen LogP contribution >= 0.6 is 0 Å². The van der Waals surface area contributed by atoms with Crippen molar-refractivity contribution in [3.8, 4) is 0 Å². The highest BCUT2D eigenvalue weighted by molar-refractivity contribution is 5.96. The first-order valence-corrected chi connectivity index (χ1v) is 8.96. The zero-order valence-electron chi connectivity index (χ0n) is 16.3. The van der Waals surface area contributed by atoms with Crippen molar-refractivity contribution < 1.29 is 14.0 Å². The standard InChI is InChI=1S/C20H24N4O3/c1-11-7-6-8-16-20(11)22-18(27-16)10-21-17(26)9-12(2)24-14(4)19(15(5)25)13(3)23-24/h6-8,12H,9-10H2,1-5H3,(H,21,26). The van der Waals surface area contributed by atoms with Crippen LogP contribution in [0.15, 0.2) is 22.6 Å². The summed E-state index contributed by atoms with van der Waals surface area (Å²) >= 11 is 0. The van der Waals surface area contributed by atoms with Crippen molar-refractivity contribution in [2.45, 2.75) is 53.6 Å². The van der Waals surface area contributed by atoms with Gasteiger partial charge in [-0.05, 0) is 46.2 Å². The van der Waals surface area contributed by atoms with E-state index in [1.165, 1.54) is 6.92 Å². The second-order valence-corrected chi connectivity index (χ2v) is 6.91. The molecule has 0 fully saturated rings. The molecule has 3 rings (SSSR count). The van der Waals surface area contributed by atoms with E-state index in [1.54, 1.807) is 4.68 Å². The van der Waals surface area contributed by atoms with Crippen LogP contribution in [-0.4, -0.2) is 26.5 Å². The van der Waals surface area contributed by atoms with Crippen LogP contribution in [0.3, 0.4) is 0 Å². The molecule has 0 bridgehead atoms. The predicted octanol–water partition coefficient (Wildman–Crippen LogP) is 3.42. The van der Waals surface area contributed by atoms with E-state index >= 15 is 0 Å². The maximum atomic E-state index is 12.3. The van der Waals surface area contributed by atoms with Crippen LogP contribution in [0.5, 0.6) is 0 Å². The summed E-state index contributed by atoms with van der Waals surface area (Å²) in [5.74, 6) is 0.336. The molecule has 142 valence electrons. The molecule has 1 N–H and O–H groups in total. The molecule has 0 aliphatic carbocycles. The van der Waals surface area contributed by atoms with Gasteiger partial charge in [0.1, 0.15) is 5.52 Å². The molecule has 0 saturated heterocycles. The lowest BCUT2D eigenvalue weighted by Crippen LogP contribution is -2.26. The average molecular weight is 368 g/mol. The molecule has 1 aromatic carbocycles. The summed E-state index contributed by atoms with van der Waals surface area (Å²) in [4.78, 5) is 28.5. The topological polar surface area (TPSA) is 90.0 Å². The number of hydrogen-bond acceptors (Lipinski definition) is 5. The number of oxazole rings is 1. The highest BCUT2D eigenvalue weighted by Gasteiger charge is 2.20. The summed E-state index contributed by atoms with van der Waals surface area (Å²) in [6, 6.07) is 5.58. The van der Waals surface area contributed by atoms with Gasteiger partial charge in [-0.3, -0.25) is 14.3 Å². The molecule has 0 radical (unpaired) electrons. The molecule has 0 aliphatic rings. The number of benzene rings is 1. The molecule has 3 aromatic rings. The number of nitrogens with zero attached hydrogens (tertiary/aromatic N) is 3. The number of nitrogens with one attached hydrogen (secondary N) is 1. The van der Waals surface area contributed by atoms with Crippen molar-refractivity contribution in [3.63, 3.8) is 0 Å². The minimum absolute atomic E-state index is 0.0147. The number of carbonyl (C=O) groups is 2. The Kier molecular flexibility index (Phi) is 5.12. The van der Waals surface area contributed by atoms with E-state index in [0.717, 1.165) is 16.8 Å². The summed E-state index contributed by atoms with van der Waals surface area (Å²) < 4.78 is 7.42. The third-order valence-corrected chi connectivity index (χ3v) is 4.68. The molecule has 1 unspecified atom stereocenters. The van der Waals surface area contributed by atoms with E-state index in [2.05, 4.69) is 15.4 Å². The monoisotopic (exact) mass is 368 g/mol. The molecular weight excluding hydrogens is 344 g/mol. The van der Waals surface area contributed by atoms with Crippen molar-refractivity contribution in [2.75, 3.05) is 0 Å². The van der Waals surface area contributed by atoms with E-state index in [1.807, 2.05) is 45.9 Å². The number of aromatic nitrogens is 3. The van der Waals surface area contributed by atoms with Gasteiger partial charge >= 0.3 is 0 Å². The molecule has 7 nitrogen and oxygen atoms in total. The highest BCUT2D eigenvalue weighted by Crippen LogP contribution is 2.21. The molecule has 0 saturated carbocycles. The van der Waals surface area contributed by atoms with Crippen LogP contribution in [-0.2, 0) is 11.3 Å². The minimum atomic E-state index is -0.164. The fourth-order valence-electron chi connectivity index (χ4n) is 3.41. The molecule has 0 aliphatic heterocycles. The van der Waals surface area contributed by atoms with Gasteiger partial charge in [0.25, 0.3) is 0 Å². The van der Waals surface area contributed by atoms with Gasteiger partial charge in [-0.2, -0.15) is 5.10 Å². The molecule has 2 aromatic heterocycles. The summed E-state index contributed by atoms with van der Waals surface area (Å²) in [5.41, 5.74) is 4.67. The highest BCUT2D eigenvalue weighted by atomic mass is 16.3. The molecule has 2 heterocycles. The first-order valence-electron chi connectivity index (χ1n) is 8.96. The largest absolute Gasteiger partial charge is 0.439 e. The van der Waals surface area contributed by atoms with Gasteiger partial charge in [-0.1, -0.05) is 12.1 Å². The van der Waals surface area contributed by atoms with Gasteiger partial charge < -0.3 is 9.73 Å². The lowest BCUT2D eigenvalue weighted by atomic mass is 10.1. The number of para-hydroxylation sites is 1. The first-order chi connectivity index (χ1) is 12.8. The Morgan fingerprint density at radius 1 is 1.26 bits per heavy atom. The third-order valence-electron chi connectivity index (χ3n) is 4.68. The SMILES string of the molecule is CC(=O)c1c(C)nn(C(C)CC(=O)NCc2nc3c(C)cccc3o2)c1C. The molecule has 7 heteroatoms. The van der Waals surface area contributed by atoms with Gasteiger partial charge in [-0.25, -0.2) is 4.98 Å². The van der Waals surface area contributed by atoms with E-state index in [9.17, 15) is 9.59 Å². The van der Waals surface area contributed by atoms with Gasteiger partial charge in [0, 0.05) is 12.1 Å². The number of aryl methyl sites for hydroxylation is 2. The van der Waals surface area contributed by atoms with E-state index in [-0.39, 0.29) is 30.7 Å². The van der Waals surface area contributed by atoms with Gasteiger partial charge in [-0.15, -0.1) is 0 Å². The number of hydrogen-bond donors (Lipinski definition) is 1. The van der Waals surface area contributed by atoms with E-state index in [0.29, 0.717) is 22.7 Å². The second kappa shape index (κ2) is 7.34. The minimum Gasteiger partial charge on any atom is -0.439 e. The summed E-state index contributed by atoms with van der Waals surface area (Å²) in [6.07, 6.45) is 0.249. The number of amides is 1. The van der Waals surface area contributed by atoms with Crippen molar-refractivity contribution in [3.05, 3.63) is 46.6 Å². The summed E-state index contributed by atoms with van der Waals surface area (Å²) in [7, 11) is 0. The average Bonchev–Trinajstić information content (AvgIpc) is 3.14. The van der Waals surface area contributed by atoms with Crippen molar-refractivity contribution in [2.24, 2.45) is 0 Å². The lowest BCUT2D eigenvalue weighted by molar-refractivity contribution is -0.122. The molecule has 27 heavy (non-hydrogen) atoms. The Labute approximate surface area is 157 Å². The van der Waals surface area contributed by atoms with Crippen LogP contribution in [0.1, 0.15) is 59.5 Å². The van der Waals surface area contributed by atoms with Crippen molar-refractivity contribution >= 4 is 22.8 Å². The smallest absolute Gasteiger partial charge is 0.222 e. The number of ketones is 1. The Balaban J connectivity index is 1.64. The van der Waals surface area contributed by atoms with Crippen molar-refractivity contribution in [1.82, 2.24) is 20.1 Å². The van der Waals surface area contributed by atoms with Crippen molar-refractivity contribution in [1.29, 1.82) is 0 Å². The normalized spacial score (nSPS) is 12.3.